The van der Waals surface area contributed by atoms with Crippen molar-refractivity contribution in [1.29, 1.82) is 0 Å². The van der Waals surface area contributed by atoms with E-state index >= 15 is 0 Å². The fourth-order valence-corrected chi connectivity index (χ4v) is 1.99. The van der Waals surface area contributed by atoms with Crippen molar-refractivity contribution < 1.29 is 9.47 Å². The predicted octanol–water partition coefficient (Wildman–Crippen LogP) is 1.92. The quantitative estimate of drug-likeness (QED) is 0.665. The molecule has 6 nitrogen and oxygen atoms in total. The highest BCUT2D eigenvalue weighted by atomic mass is 16.5. The number of rotatable bonds is 10. The van der Waals surface area contributed by atoms with Gasteiger partial charge in [0.2, 0.25) is 0 Å². The van der Waals surface area contributed by atoms with Gasteiger partial charge in [0.1, 0.15) is 18.2 Å². The molecule has 6 heteroatoms. The third-order valence-electron chi connectivity index (χ3n) is 3.40. The first-order valence-corrected chi connectivity index (χ1v) is 7.62. The highest BCUT2D eigenvalue weighted by Crippen LogP contribution is 2.28. The van der Waals surface area contributed by atoms with Crippen molar-refractivity contribution in [1.82, 2.24) is 9.97 Å². The van der Waals surface area contributed by atoms with Crippen LogP contribution in [-0.2, 0) is 16.1 Å². The summed E-state index contributed by atoms with van der Waals surface area (Å²) in [6, 6.07) is 1.96. The second-order valence-corrected chi connectivity index (χ2v) is 5.43. The molecule has 1 saturated carbocycles. The minimum Gasteiger partial charge on any atom is -0.379 e. The Morgan fingerprint density at radius 2 is 2.19 bits per heavy atom. The molecule has 0 amide bonds. The average Bonchev–Trinajstić information content (AvgIpc) is 3.28. The van der Waals surface area contributed by atoms with Crippen LogP contribution in [0.1, 0.15) is 25.6 Å². The van der Waals surface area contributed by atoms with Gasteiger partial charge in [-0.3, -0.25) is 0 Å². The highest BCUT2D eigenvalue weighted by molar-refractivity contribution is 5.48. The van der Waals surface area contributed by atoms with Gasteiger partial charge in [-0.05, 0) is 25.7 Å². The van der Waals surface area contributed by atoms with E-state index in [0.717, 1.165) is 43.9 Å². The van der Waals surface area contributed by atoms with Crippen LogP contribution in [0.4, 0.5) is 11.6 Å². The van der Waals surface area contributed by atoms with Crippen LogP contribution in [0.15, 0.2) is 6.07 Å². The minimum absolute atomic E-state index is 0.415. The zero-order valence-electron chi connectivity index (χ0n) is 13.3. The summed E-state index contributed by atoms with van der Waals surface area (Å²) in [5.41, 5.74) is 0. The first-order chi connectivity index (χ1) is 10.2. The lowest BCUT2D eigenvalue weighted by atomic mass is 10.4. The summed E-state index contributed by atoms with van der Waals surface area (Å²) in [7, 11) is 3.67. The molecule has 0 unspecified atom stereocenters. The Hall–Kier alpha value is -1.40. The lowest BCUT2D eigenvalue weighted by molar-refractivity contribution is 0.130. The van der Waals surface area contributed by atoms with Crippen LogP contribution in [0.3, 0.4) is 0 Å². The Balaban J connectivity index is 1.91. The van der Waals surface area contributed by atoms with Gasteiger partial charge in [0, 0.05) is 39.9 Å². The van der Waals surface area contributed by atoms with Crippen LogP contribution >= 0.6 is 0 Å². The fourth-order valence-electron chi connectivity index (χ4n) is 1.99. The molecule has 2 rings (SSSR count). The van der Waals surface area contributed by atoms with Crippen LogP contribution in [0.2, 0.25) is 0 Å². The maximum absolute atomic E-state index is 5.68. The SMILES string of the molecule is CCNc1cc(N(C)CCOCC2CC2)nc(COC)n1. The number of ether oxygens (including phenoxy) is 2. The number of aromatic nitrogens is 2. The largest absolute Gasteiger partial charge is 0.379 e. The van der Waals surface area contributed by atoms with Crippen LogP contribution in [-0.4, -0.2) is 50.4 Å². The molecule has 1 heterocycles. The Bertz CT molecular complexity index is 413. The van der Waals surface area contributed by atoms with E-state index in [0.29, 0.717) is 12.4 Å². The molecule has 1 aromatic heterocycles. The van der Waals surface area contributed by atoms with Crippen LogP contribution < -0.4 is 10.2 Å². The molecular weight excluding hydrogens is 268 g/mol. The molecule has 0 aliphatic heterocycles. The highest BCUT2D eigenvalue weighted by Gasteiger charge is 2.21. The van der Waals surface area contributed by atoms with Crippen LogP contribution in [0.5, 0.6) is 0 Å². The summed E-state index contributed by atoms with van der Waals surface area (Å²) in [6.45, 7) is 5.74. The van der Waals surface area contributed by atoms with Crippen molar-refractivity contribution in [2.24, 2.45) is 5.92 Å². The summed E-state index contributed by atoms with van der Waals surface area (Å²) < 4.78 is 10.8. The van der Waals surface area contributed by atoms with E-state index < -0.39 is 0 Å². The summed E-state index contributed by atoms with van der Waals surface area (Å²) in [4.78, 5) is 11.0. The molecular formula is C15H26N4O2. The maximum atomic E-state index is 5.68. The Morgan fingerprint density at radius 3 is 2.86 bits per heavy atom. The number of anilines is 2. The lowest BCUT2D eigenvalue weighted by Gasteiger charge is -2.19. The molecule has 1 fully saturated rings. The zero-order chi connectivity index (χ0) is 15.1. The standard InChI is InChI=1S/C15H26N4O2/c1-4-16-13-9-15(18-14(17-13)11-20-3)19(2)7-8-21-10-12-5-6-12/h9,12H,4-8,10-11H2,1-3H3,(H,16,17,18). The molecule has 0 atom stereocenters. The van der Waals surface area contributed by atoms with Gasteiger partial charge in [0.15, 0.2) is 5.82 Å². The Kier molecular flexibility index (Phi) is 6.20. The molecule has 1 aromatic rings. The zero-order valence-corrected chi connectivity index (χ0v) is 13.3. The minimum atomic E-state index is 0.415. The van der Waals surface area contributed by atoms with E-state index in [-0.39, 0.29) is 0 Å². The first kappa shape index (κ1) is 16.0. The number of hydrogen-bond donors (Lipinski definition) is 1. The molecule has 1 N–H and O–H groups in total. The molecule has 1 aliphatic carbocycles. The molecule has 0 aromatic carbocycles. The molecule has 1 aliphatic rings. The topological polar surface area (TPSA) is 59.5 Å². The second-order valence-electron chi connectivity index (χ2n) is 5.43. The number of likely N-dealkylation sites (N-methyl/N-ethyl adjacent to an activating group) is 1. The molecule has 0 bridgehead atoms. The van der Waals surface area contributed by atoms with E-state index in [1.807, 2.05) is 20.0 Å². The summed E-state index contributed by atoms with van der Waals surface area (Å²) in [5.74, 6) is 3.23. The van der Waals surface area contributed by atoms with E-state index in [4.69, 9.17) is 9.47 Å². The normalized spacial score (nSPS) is 14.2. The maximum Gasteiger partial charge on any atom is 0.158 e. The lowest BCUT2D eigenvalue weighted by Crippen LogP contribution is -2.24. The molecule has 118 valence electrons. The molecule has 0 spiro atoms. The third-order valence-corrected chi connectivity index (χ3v) is 3.40. The smallest absolute Gasteiger partial charge is 0.158 e. The van der Waals surface area contributed by atoms with Gasteiger partial charge >= 0.3 is 0 Å². The third kappa shape index (κ3) is 5.47. The molecule has 0 saturated heterocycles. The van der Waals surface area contributed by atoms with Crippen molar-refractivity contribution >= 4 is 11.6 Å². The monoisotopic (exact) mass is 294 g/mol. The van der Waals surface area contributed by atoms with Gasteiger partial charge in [-0.25, -0.2) is 9.97 Å². The predicted molar refractivity (Wildman–Crippen MR) is 83.7 cm³/mol. The van der Waals surface area contributed by atoms with E-state index in [1.54, 1.807) is 7.11 Å². The average molecular weight is 294 g/mol. The van der Waals surface area contributed by atoms with Crippen molar-refractivity contribution in [3.8, 4) is 0 Å². The fraction of sp³-hybridized carbons (Fsp3) is 0.733. The van der Waals surface area contributed by atoms with Gasteiger partial charge in [-0.2, -0.15) is 0 Å². The summed E-state index contributed by atoms with van der Waals surface area (Å²) >= 11 is 0. The number of hydrogen-bond acceptors (Lipinski definition) is 6. The Morgan fingerprint density at radius 1 is 1.38 bits per heavy atom. The number of nitrogens with one attached hydrogen (secondary N) is 1. The van der Waals surface area contributed by atoms with E-state index in [9.17, 15) is 0 Å². The van der Waals surface area contributed by atoms with Gasteiger partial charge in [-0.1, -0.05) is 0 Å². The number of nitrogens with zero attached hydrogens (tertiary/aromatic N) is 3. The van der Waals surface area contributed by atoms with Gasteiger partial charge < -0.3 is 19.7 Å². The van der Waals surface area contributed by atoms with Gasteiger partial charge in [-0.15, -0.1) is 0 Å². The molecule has 0 radical (unpaired) electrons. The van der Waals surface area contributed by atoms with Crippen molar-refractivity contribution in [2.75, 3.05) is 50.7 Å². The Labute approximate surface area is 126 Å². The van der Waals surface area contributed by atoms with E-state index in [2.05, 4.69) is 20.2 Å². The van der Waals surface area contributed by atoms with Gasteiger partial charge in [0.25, 0.3) is 0 Å². The van der Waals surface area contributed by atoms with Crippen LogP contribution in [0, 0.1) is 5.92 Å². The van der Waals surface area contributed by atoms with Crippen molar-refractivity contribution in [2.45, 2.75) is 26.4 Å². The first-order valence-electron chi connectivity index (χ1n) is 7.62. The summed E-state index contributed by atoms with van der Waals surface area (Å²) in [6.07, 6.45) is 2.66. The second kappa shape index (κ2) is 8.14. The number of methoxy groups -OCH3 is 1. The molecule has 21 heavy (non-hydrogen) atoms. The summed E-state index contributed by atoms with van der Waals surface area (Å²) in [5, 5.41) is 3.23. The van der Waals surface area contributed by atoms with Crippen molar-refractivity contribution in [3.63, 3.8) is 0 Å². The van der Waals surface area contributed by atoms with E-state index in [1.165, 1.54) is 12.8 Å². The van der Waals surface area contributed by atoms with Crippen LogP contribution in [0.25, 0.3) is 0 Å². The van der Waals surface area contributed by atoms with Crippen molar-refractivity contribution in [3.05, 3.63) is 11.9 Å². The van der Waals surface area contributed by atoms with Gasteiger partial charge in [0.05, 0.1) is 6.61 Å².